The number of ether oxygens (including phenoxy) is 1. The van der Waals surface area contributed by atoms with Gasteiger partial charge in [0.05, 0.1) is 13.2 Å². The zero-order chi connectivity index (χ0) is 16.2. The number of morpholine rings is 1. The molecule has 120 valence electrons. The zero-order valence-corrected chi connectivity index (χ0v) is 13.4. The molecule has 3 rings (SSSR count). The molecule has 4 heteroatoms. The summed E-state index contributed by atoms with van der Waals surface area (Å²) in [4.78, 5) is 13.9. The summed E-state index contributed by atoms with van der Waals surface area (Å²) in [7, 11) is 0. The summed E-state index contributed by atoms with van der Waals surface area (Å²) in [6.07, 6.45) is 0. The van der Waals surface area contributed by atoms with Crippen LogP contribution in [-0.2, 0) is 11.3 Å². The van der Waals surface area contributed by atoms with Crippen LogP contribution >= 0.6 is 0 Å². The van der Waals surface area contributed by atoms with Gasteiger partial charge in [-0.25, -0.2) is 0 Å². The second-order valence-electron chi connectivity index (χ2n) is 5.98. The highest BCUT2D eigenvalue weighted by Gasteiger charge is 2.11. The van der Waals surface area contributed by atoms with Gasteiger partial charge in [-0.3, -0.25) is 9.69 Å². The van der Waals surface area contributed by atoms with E-state index in [0.717, 1.165) is 49.5 Å². The van der Waals surface area contributed by atoms with E-state index in [-0.39, 0.29) is 5.91 Å². The van der Waals surface area contributed by atoms with E-state index in [2.05, 4.69) is 29.2 Å². The summed E-state index contributed by atoms with van der Waals surface area (Å²) >= 11 is 0. The zero-order valence-electron chi connectivity index (χ0n) is 13.4. The Morgan fingerprint density at radius 3 is 2.39 bits per heavy atom. The van der Waals surface area contributed by atoms with E-state index in [0.29, 0.717) is 5.56 Å². The van der Waals surface area contributed by atoms with Crippen molar-refractivity contribution in [2.75, 3.05) is 26.3 Å². The summed E-state index contributed by atoms with van der Waals surface area (Å²) in [5.74, 6) is -0.381. The van der Waals surface area contributed by atoms with Crippen molar-refractivity contribution in [1.82, 2.24) is 4.90 Å². The van der Waals surface area contributed by atoms with Crippen LogP contribution in [0.5, 0.6) is 0 Å². The minimum Gasteiger partial charge on any atom is -0.379 e. The van der Waals surface area contributed by atoms with Crippen LogP contribution in [0, 0.1) is 6.92 Å². The molecule has 0 spiro atoms. The molecule has 4 nitrogen and oxygen atoms in total. The van der Waals surface area contributed by atoms with E-state index < -0.39 is 0 Å². The van der Waals surface area contributed by atoms with Gasteiger partial charge in [-0.05, 0) is 35.2 Å². The van der Waals surface area contributed by atoms with Crippen LogP contribution in [0.1, 0.15) is 21.5 Å². The predicted octanol–water partition coefficient (Wildman–Crippen LogP) is 2.59. The summed E-state index contributed by atoms with van der Waals surface area (Å²) < 4.78 is 5.38. The molecule has 0 atom stereocenters. The Balaban J connectivity index is 1.76. The average Bonchev–Trinajstić information content (AvgIpc) is 2.57. The molecule has 2 aromatic carbocycles. The maximum Gasteiger partial charge on any atom is 0.248 e. The minimum absolute atomic E-state index is 0.381. The third-order valence-corrected chi connectivity index (χ3v) is 4.30. The molecule has 1 fully saturated rings. The first-order valence-corrected chi connectivity index (χ1v) is 7.93. The van der Waals surface area contributed by atoms with Crippen molar-refractivity contribution < 1.29 is 9.53 Å². The van der Waals surface area contributed by atoms with Crippen molar-refractivity contribution in [2.45, 2.75) is 13.5 Å². The van der Waals surface area contributed by atoms with Crippen LogP contribution in [0.25, 0.3) is 11.1 Å². The van der Waals surface area contributed by atoms with Crippen molar-refractivity contribution in [3.05, 3.63) is 59.2 Å². The molecule has 1 aliphatic heterocycles. The summed E-state index contributed by atoms with van der Waals surface area (Å²) in [6.45, 7) is 6.46. The third kappa shape index (κ3) is 3.78. The van der Waals surface area contributed by atoms with Gasteiger partial charge in [0.2, 0.25) is 5.91 Å². The fraction of sp³-hybridized carbons (Fsp3) is 0.316. The number of nitrogens with two attached hydrogens (primary N) is 1. The van der Waals surface area contributed by atoms with Gasteiger partial charge in [-0.15, -0.1) is 0 Å². The Hall–Kier alpha value is -2.17. The maximum atomic E-state index is 11.5. The Kier molecular flexibility index (Phi) is 4.74. The smallest absolute Gasteiger partial charge is 0.248 e. The first-order chi connectivity index (χ1) is 11.1. The van der Waals surface area contributed by atoms with E-state index in [1.165, 1.54) is 5.56 Å². The Bertz CT molecular complexity index is 689. The second kappa shape index (κ2) is 6.94. The van der Waals surface area contributed by atoms with Crippen molar-refractivity contribution in [2.24, 2.45) is 5.73 Å². The van der Waals surface area contributed by atoms with Gasteiger partial charge in [0, 0.05) is 25.2 Å². The van der Waals surface area contributed by atoms with E-state index in [9.17, 15) is 4.79 Å². The number of rotatable bonds is 4. The molecular formula is C19H22N2O2. The fourth-order valence-corrected chi connectivity index (χ4v) is 2.89. The molecule has 0 aromatic heterocycles. The Labute approximate surface area is 136 Å². The second-order valence-corrected chi connectivity index (χ2v) is 5.98. The number of aryl methyl sites for hydroxylation is 1. The topological polar surface area (TPSA) is 55.6 Å². The standard InChI is InChI=1S/C19H22N2O2/c1-14-2-5-17(12-18(14)19(20)22)16-6-3-15(4-7-16)13-21-8-10-23-11-9-21/h2-7,12H,8-11,13H2,1H3,(H2,20,22). The van der Waals surface area contributed by atoms with Crippen LogP contribution in [0.2, 0.25) is 0 Å². The highest BCUT2D eigenvalue weighted by atomic mass is 16.5. The number of benzene rings is 2. The predicted molar refractivity (Wildman–Crippen MR) is 91.2 cm³/mol. The van der Waals surface area contributed by atoms with E-state index in [4.69, 9.17) is 10.5 Å². The number of carbonyl (C=O) groups is 1. The number of nitrogens with zero attached hydrogens (tertiary/aromatic N) is 1. The monoisotopic (exact) mass is 310 g/mol. The lowest BCUT2D eigenvalue weighted by Crippen LogP contribution is -2.35. The highest BCUT2D eigenvalue weighted by Crippen LogP contribution is 2.23. The van der Waals surface area contributed by atoms with Gasteiger partial charge >= 0.3 is 0 Å². The van der Waals surface area contributed by atoms with E-state index in [1.807, 2.05) is 25.1 Å². The molecule has 23 heavy (non-hydrogen) atoms. The van der Waals surface area contributed by atoms with E-state index in [1.54, 1.807) is 0 Å². The molecule has 1 heterocycles. The first-order valence-electron chi connectivity index (χ1n) is 7.93. The molecule has 2 N–H and O–H groups in total. The molecule has 1 saturated heterocycles. The minimum atomic E-state index is -0.381. The number of amides is 1. The van der Waals surface area contributed by atoms with Crippen molar-refractivity contribution in [1.29, 1.82) is 0 Å². The largest absolute Gasteiger partial charge is 0.379 e. The lowest BCUT2D eigenvalue weighted by atomic mass is 9.98. The molecule has 2 aromatic rings. The van der Waals surface area contributed by atoms with Crippen molar-refractivity contribution >= 4 is 5.91 Å². The Morgan fingerprint density at radius 1 is 1.09 bits per heavy atom. The van der Waals surface area contributed by atoms with Gasteiger partial charge in [0.15, 0.2) is 0 Å². The Morgan fingerprint density at radius 2 is 1.74 bits per heavy atom. The number of primary amides is 1. The summed E-state index contributed by atoms with van der Waals surface area (Å²) in [5.41, 5.74) is 10.3. The van der Waals surface area contributed by atoms with Crippen LogP contribution < -0.4 is 5.73 Å². The number of hydrogen-bond acceptors (Lipinski definition) is 3. The molecule has 0 unspecified atom stereocenters. The van der Waals surface area contributed by atoms with Crippen LogP contribution in [0.15, 0.2) is 42.5 Å². The van der Waals surface area contributed by atoms with Crippen LogP contribution in [0.4, 0.5) is 0 Å². The van der Waals surface area contributed by atoms with Crippen molar-refractivity contribution in [3.8, 4) is 11.1 Å². The lowest BCUT2D eigenvalue weighted by molar-refractivity contribution is 0.0342. The SMILES string of the molecule is Cc1ccc(-c2ccc(CN3CCOCC3)cc2)cc1C(N)=O. The quantitative estimate of drug-likeness (QED) is 0.944. The molecule has 1 aliphatic rings. The van der Waals surface area contributed by atoms with Gasteiger partial charge in [0.1, 0.15) is 0 Å². The number of carbonyl (C=O) groups excluding carboxylic acids is 1. The molecular weight excluding hydrogens is 288 g/mol. The van der Waals surface area contributed by atoms with Gasteiger partial charge < -0.3 is 10.5 Å². The van der Waals surface area contributed by atoms with Gasteiger partial charge in [0.25, 0.3) is 0 Å². The summed E-state index contributed by atoms with van der Waals surface area (Å²) in [6, 6.07) is 14.3. The average molecular weight is 310 g/mol. The van der Waals surface area contributed by atoms with Gasteiger partial charge in [-0.1, -0.05) is 36.4 Å². The normalized spacial score (nSPS) is 15.5. The van der Waals surface area contributed by atoms with Gasteiger partial charge in [-0.2, -0.15) is 0 Å². The fourth-order valence-electron chi connectivity index (χ4n) is 2.89. The van der Waals surface area contributed by atoms with Crippen molar-refractivity contribution in [3.63, 3.8) is 0 Å². The van der Waals surface area contributed by atoms with Crippen LogP contribution in [0.3, 0.4) is 0 Å². The summed E-state index contributed by atoms with van der Waals surface area (Å²) in [5, 5.41) is 0. The molecule has 0 radical (unpaired) electrons. The maximum absolute atomic E-state index is 11.5. The molecule has 0 bridgehead atoms. The first kappa shape index (κ1) is 15.7. The molecule has 0 saturated carbocycles. The molecule has 1 amide bonds. The highest BCUT2D eigenvalue weighted by molar-refractivity contribution is 5.95. The lowest BCUT2D eigenvalue weighted by Gasteiger charge is -2.26. The van der Waals surface area contributed by atoms with E-state index >= 15 is 0 Å². The third-order valence-electron chi connectivity index (χ3n) is 4.30. The number of hydrogen-bond donors (Lipinski definition) is 1. The van der Waals surface area contributed by atoms with Crippen LogP contribution in [-0.4, -0.2) is 37.1 Å². The molecule has 0 aliphatic carbocycles.